The van der Waals surface area contributed by atoms with Crippen molar-refractivity contribution in [2.24, 2.45) is 0 Å². The molecule has 0 saturated carbocycles. The Morgan fingerprint density at radius 1 is 1.00 bits per heavy atom. The molecule has 6 heteroatoms. The van der Waals surface area contributed by atoms with Gasteiger partial charge in [-0.05, 0) is 25.1 Å². The van der Waals surface area contributed by atoms with E-state index >= 15 is 0 Å². The third-order valence-corrected chi connectivity index (χ3v) is 2.67. The second-order valence-corrected chi connectivity index (χ2v) is 4.17. The van der Waals surface area contributed by atoms with Crippen LogP contribution in [0.25, 0.3) is 17.0 Å². The maximum Gasteiger partial charge on any atom is 0.169 e. The van der Waals surface area contributed by atoms with Crippen LogP contribution in [0.3, 0.4) is 0 Å². The lowest BCUT2D eigenvalue weighted by atomic mass is 10.1. The van der Waals surface area contributed by atoms with Crippen molar-refractivity contribution in [3.8, 4) is 11.4 Å². The van der Waals surface area contributed by atoms with Crippen LogP contribution in [0.5, 0.6) is 0 Å². The molecule has 6 nitrogen and oxygen atoms in total. The first kappa shape index (κ1) is 10.5. The van der Waals surface area contributed by atoms with Gasteiger partial charge in [0.05, 0.1) is 0 Å². The average Bonchev–Trinajstić information content (AvgIpc) is 2.70. The van der Waals surface area contributed by atoms with Crippen molar-refractivity contribution in [3.63, 3.8) is 0 Å². The maximum absolute atomic E-state index is 5.78. The van der Waals surface area contributed by atoms with Gasteiger partial charge in [0.15, 0.2) is 11.5 Å². The summed E-state index contributed by atoms with van der Waals surface area (Å²) in [4.78, 5) is 4.23. The molecule has 3 rings (SSSR count). The molecule has 4 N–H and O–H groups in total. The topological polar surface area (TPSA) is 95.1 Å². The molecule has 0 unspecified atom stereocenters. The van der Waals surface area contributed by atoms with Crippen molar-refractivity contribution in [3.05, 3.63) is 36.3 Å². The van der Waals surface area contributed by atoms with Crippen molar-refractivity contribution < 1.29 is 0 Å². The fraction of sp³-hybridized carbons (Fsp3) is 0.0833. The number of fused-ring (bicyclic) bond motifs is 1. The van der Waals surface area contributed by atoms with Gasteiger partial charge in [0.2, 0.25) is 0 Å². The molecule has 2 heterocycles. The first-order valence-corrected chi connectivity index (χ1v) is 5.47. The highest BCUT2D eigenvalue weighted by molar-refractivity contribution is 5.69. The molecule has 1 aromatic carbocycles. The van der Waals surface area contributed by atoms with E-state index in [0.29, 0.717) is 17.2 Å². The van der Waals surface area contributed by atoms with Crippen LogP contribution in [0, 0.1) is 6.92 Å². The van der Waals surface area contributed by atoms with Crippen molar-refractivity contribution in [1.29, 1.82) is 0 Å². The normalized spacial score (nSPS) is 10.9. The number of rotatable bonds is 1. The van der Waals surface area contributed by atoms with Crippen molar-refractivity contribution in [1.82, 2.24) is 19.6 Å². The van der Waals surface area contributed by atoms with E-state index in [1.54, 1.807) is 16.8 Å². The van der Waals surface area contributed by atoms with E-state index in [1.807, 2.05) is 25.1 Å². The predicted molar refractivity (Wildman–Crippen MR) is 69.8 cm³/mol. The molecule has 3 aromatic rings. The van der Waals surface area contributed by atoms with Gasteiger partial charge in [0.1, 0.15) is 6.33 Å². The Kier molecular flexibility index (Phi) is 2.16. The summed E-state index contributed by atoms with van der Waals surface area (Å²) in [5.41, 5.74) is 15.2. The molecular weight excluding hydrogens is 228 g/mol. The molecule has 0 radical (unpaired) electrons. The second kappa shape index (κ2) is 3.69. The van der Waals surface area contributed by atoms with Gasteiger partial charge in [-0.1, -0.05) is 0 Å². The van der Waals surface area contributed by atoms with Gasteiger partial charge >= 0.3 is 0 Å². The lowest BCUT2D eigenvalue weighted by molar-refractivity contribution is 1.05. The molecular formula is C12H12N6. The summed E-state index contributed by atoms with van der Waals surface area (Å²) in [6, 6.07) is 7.20. The third kappa shape index (κ3) is 1.64. The summed E-state index contributed by atoms with van der Waals surface area (Å²) >= 11 is 0. The van der Waals surface area contributed by atoms with Crippen LogP contribution in [0.15, 0.2) is 30.6 Å². The highest BCUT2D eigenvalue weighted by Crippen LogP contribution is 2.23. The Morgan fingerprint density at radius 3 is 2.44 bits per heavy atom. The van der Waals surface area contributed by atoms with Gasteiger partial charge in [0.25, 0.3) is 0 Å². The van der Waals surface area contributed by atoms with Crippen LogP contribution in [-0.2, 0) is 0 Å². The Labute approximate surface area is 103 Å². The van der Waals surface area contributed by atoms with Gasteiger partial charge in [0, 0.05) is 28.7 Å². The molecule has 0 fully saturated rings. The largest absolute Gasteiger partial charge is 0.399 e. The highest BCUT2D eigenvalue weighted by Gasteiger charge is 2.09. The minimum Gasteiger partial charge on any atom is -0.399 e. The molecule has 0 saturated heterocycles. The quantitative estimate of drug-likeness (QED) is 0.624. The highest BCUT2D eigenvalue weighted by atomic mass is 15.3. The van der Waals surface area contributed by atoms with Crippen molar-refractivity contribution in [2.45, 2.75) is 6.92 Å². The number of nitrogens with two attached hydrogens (primary N) is 2. The van der Waals surface area contributed by atoms with Crippen LogP contribution in [-0.4, -0.2) is 19.6 Å². The number of aryl methyl sites for hydroxylation is 1. The van der Waals surface area contributed by atoms with Crippen molar-refractivity contribution in [2.75, 3.05) is 11.5 Å². The fourth-order valence-electron chi connectivity index (χ4n) is 1.89. The van der Waals surface area contributed by atoms with E-state index in [9.17, 15) is 0 Å². The third-order valence-electron chi connectivity index (χ3n) is 2.67. The molecule has 0 atom stereocenters. The maximum atomic E-state index is 5.78. The van der Waals surface area contributed by atoms with E-state index in [4.69, 9.17) is 11.5 Å². The summed E-state index contributed by atoms with van der Waals surface area (Å²) < 4.78 is 1.81. The van der Waals surface area contributed by atoms with E-state index < -0.39 is 0 Å². The molecule has 0 aliphatic carbocycles. The zero-order valence-corrected chi connectivity index (χ0v) is 9.83. The Morgan fingerprint density at radius 2 is 1.72 bits per heavy atom. The number of hydrogen-bond donors (Lipinski definition) is 2. The molecule has 90 valence electrons. The van der Waals surface area contributed by atoms with Gasteiger partial charge in [-0.25, -0.2) is 4.98 Å². The summed E-state index contributed by atoms with van der Waals surface area (Å²) in [5, 5.41) is 8.26. The van der Waals surface area contributed by atoms with E-state index in [0.717, 1.165) is 16.9 Å². The number of hydrogen-bond acceptors (Lipinski definition) is 5. The predicted octanol–water partition coefficient (Wildman–Crippen LogP) is 1.26. The lowest BCUT2D eigenvalue weighted by Crippen LogP contribution is -1.95. The molecule has 18 heavy (non-hydrogen) atoms. The average molecular weight is 240 g/mol. The van der Waals surface area contributed by atoms with E-state index in [2.05, 4.69) is 15.2 Å². The van der Waals surface area contributed by atoms with Crippen LogP contribution >= 0.6 is 0 Å². The first-order chi connectivity index (χ1) is 8.63. The van der Waals surface area contributed by atoms with E-state index in [1.165, 1.54) is 0 Å². The number of anilines is 2. The molecule has 0 aliphatic heterocycles. The van der Waals surface area contributed by atoms with E-state index in [-0.39, 0.29) is 0 Å². The zero-order valence-electron chi connectivity index (χ0n) is 9.83. The van der Waals surface area contributed by atoms with Gasteiger partial charge in [-0.2, -0.15) is 0 Å². The Balaban J connectivity index is 2.25. The number of benzene rings is 1. The van der Waals surface area contributed by atoms with Crippen LogP contribution in [0.4, 0.5) is 11.4 Å². The number of aromatic nitrogens is 4. The summed E-state index contributed by atoms with van der Waals surface area (Å²) in [7, 11) is 0. The molecule has 0 amide bonds. The number of nitrogens with zero attached hydrogens (tertiary/aromatic N) is 4. The minimum absolute atomic E-state index is 0.599. The van der Waals surface area contributed by atoms with Crippen LogP contribution < -0.4 is 11.5 Å². The molecule has 2 aromatic heterocycles. The second-order valence-electron chi connectivity index (χ2n) is 4.17. The molecule has 0 spiro atoms. The number of nitrogen functional groups attached to an aromatic ring is 2. The Bertz CT molecular complexity index is 710. The standard InChI is InChI=1S/C12H12N6/c1-7-2-11-16-17-12(18(11)6-15-7)8-3-9(13)5-10(14)4-8/h2-6H,13-14H2,1H3. The van der Waals surface area contributed by atoms with Gasteiger partial charge in [-0.3, -0.25) is 4.40 Å². The SMILES string of the molecule is Cc1cc2nnc(-c3cc(N)cc(N)c3)n2cn1. The van der Waals surface area contributed by atoms with Gasteiger partial charge < -0.3 is 11.5 Å². The fourth-order valence-corrected chi connectivity index (χ4v) is 1.89. The summed E-state index contributed by atoms with van der Waals surface area (Å²) in [5.74, 6) is 0.677. The molecule has 0 bridgehead atoms. The smallest absolute Gasteiger partial charge is 0.169 e. The first-order valence-electron chi connectivity index (χ1n) is 5.47. The Hall–Kier alpha value is -2.63. The molecule has 0 aliphatic rings. The zero-order chi connectivity index (χ0) is 12.7. The van der Waals surface area contributed by atoms with Crippen LogP contribution in [0.1, 0.15) is 5.69 Å². The van der Waals surface area contributed by atoms with Crippen molar-refractivity contribution >= 4 is 17.0 Å². The minimum atomic E-state index is 0.599. The summed E-state index contributed by atoms with van der Waals surface area (Å²) in [6.07, 6.45) is 1.69. The summed E-state index contributed by atoms with van der Waals surface area (Å²) in [6.45, 7) is 1.91. The monoisotopic (exact) mass is 240 g/mol. The lowest BCUT2D eigenvalue weighted by Gasteiger charge is -2.03. The van der Waals surface area contributed by atoms with Crippen LogP contribution in [0.2, 0.25) is 0 Å². The van der Waals surface area contributed by atoms with Gasteiger partial charge in [-0.15, -0.1) is 10.2 Å².